The number of carboxylic acid groups (broad SMARTS) is 1. The molecule has 49 heavy (non-hydrogen) atoms. The van der Waals surface area contributed by atoms with Gasteiger partial charge in [-0.25, -0.2) is 4.79 Å². The molecule has 3 atom stereocenters. The topological polar surface area (TPSA) is 165 Å². The van der Waals surface area contributed by atoms with E-state index in [1.54, 1.807) is 53.4 Å². The number of hydrogen-bond acceptors (Lipinski definition) is 6. The third kappa shape index (κ3) is 11.7. The highest BCUT2D eigenvalue weighted by molar-refractivity contribution is 6.30. The molecule has 1 aliphatic rings. The fourth-order valence-corrected chi connectivity index (χ4v) is 5.80. The first kappa shape index (κ1) is 38.6. The molecule has 1 fully saturated rings. The maximum atomic E-state index is 13.9. The number of amides is 4. The van der Waals surface area contributed by atoms with Crippen molar-refractivity contribution < 1.29 is 47.0 Å². The molecule has 15 heteroatoms. The highest BCUT2D eigenvalue weighted by atomic mass is 35.5. The largest absolute Gasteiger partial charge is 0.542 e. The number of carbonyl (C=O) groups is 4. The number of likely N-dealkylation sites (tertiary alicyclic amines) is 1. The van der Waals surface area contributed by atoms with Crippen molar-refractivity contribution in [2.24, 2.45) is 5.73 Å². The Balaban J connectivity index is 0.000000838. The summed E-state index contributed by atoms with van der Waals surface area (Å²) in [5, 5.41) is 25.0. The van der Waals surface area contributed by atoms with Crippen molar-refractivity contribution in [2.75, 3.05) is 25.5 Å². The van der Waals surface area contributed by atoms with Gasteiger partial charge in [-0.2, -0.15) is 13.2 Å². The highest BCUT2D eigenvalue weighted by Gasteiger charge is 2.43. The van der Waals surface area contributed by atoms with Crippen molar-refractivity contribution in [1.29, 1.82) is 0 Å². The predicted molar refractivity (Wildman–Crippen MR) is 175 cm³/mol. The third-order valence-electron chi connectivity index (χ3n) is 7.81. The van der Waals surface area contributed by atoms with Gasteiger partial charge in [-0.15, -0.1) is 0 Å². The number of primary amides is 1. The van der Waals surface area contributed by atoms with E-state index in [1.807, 2.05) is 38.1 Å². The van der Waals surface area contributed by atoms with Crippen molar-refractivity contribution in [2.45, 2.75) is 57.5 Å². The van der Waals surface area contributed by atoms with Gasteiger partial charge in [0.15, 0.2) is 0 Å². The van der Waals surface area contributed by atoms with Gasteiger partial charge < -0.3 is 40.8 Å². The summed E-state index contributed by atoms with van der Waals surface area (Å²) in [5.74, 6) is -3.71. The van der Waals surface area contributed by atoms with E-state index < -0.39 is 30.1 Å². The summed E-state index contributed by atoms with van der Waals surface area (Å²) < 4.78 is 32.2. The number of urea groups is 1. The average molecular weight is 706 g/mol. The Labute approximate surface area is 287 Å². The molecule has 11 nitrogen and oxygen atoms in total. The molecule has 0 radical (unpaired) electrons. The van der Waals surface area contributed by atoms with Crippen LogP contribution in [-0.4, -0.2) is 82.7 Å². The summed E-state index contributed by atoms with van der Waals surface area (Å²) in [6, 6.07) is 19.3. The Morgan fingerprint density at radius 3 is 2.18 bits per heavy atom. The van der Waals surface area contributed by atoms with Gasteiger partial charge in [0.25, 0.3) is 5.91 Å². The van der Waals surface area contributed by atoms with Crippen LogP contribution in [0.25, 0.3) is 0 Å². The first-order valence-corrected chi connectivity index (χ1v) is 15.7. The highest BCUT2D eigenvalue weighted by Crippen LogP contribution is 2.29. The van der Waals surface area contributed by atoms with E-state index in [4.69, 9.17) is 27.2 Å². The number of phenols is 1. The second-order valence-electron chi connectivity index (χ2n) is 12.4. The average Bonchev–Trinajstić information content (AvgIpc) is 3.38. The number of rotatable bonds is 10. The second-order valence-corrected chi connectivity index (χ2v) is 12.8. The van der Waals surface area contributed by atoms with Crippen molar-refractivity contribution >= 4 is 41.1 Å². The van der Waals surface area contributed by atoms with Gasteiger partial charge >= 0.3 is 12.2 Å². The molecule has 3 aromatic carbocycles. The monoisotopic (exact) mass is 705 g/mol. The zero-order valence-electron chi connectivity index (χ0n) is 27.2. The minimum atomic E-state index is -5.19. The summed E-state index contributed by atoms with van der Waals surface area (Å²) in [6.45, 7) is 5.91. The molecule has 3 aromatic rings. The van der Waals surface area contributed by atoms with Crippen LogP contribution in [0.5, 0.6) is 5.75 Å². The quantitative estimate of drug-likeness (QED) is 0.234. The Bertz CT molecular complexity index is 1620. The van der Waals surface area contributed by atoms with E-state index in [-0.39, 0.29) is 30.2 Å². The molecule has 1 unspecified atom stereocenters. The second kappa shape index (κ2) is 16.5. The molecular formula is C34H39ClF3N5O6. The fraction of sp³-hybridized carbons (Fsp3) is 0.353. The van der Waals surface area contributed by atoms with E-state index >= 15 is 0 Å². The molecule has 0 spiro atoms. The number of nitrogens with two attached hydrogens (primary N) is 1. The smallest absolute Gasteiger partial charge is 0.430 e. The summed E-state index contributed by atoms with van der Waals surface area (Å²) in [7, 11) is 2.14. The van der Waals surface area contributed by atoms with Crippen LogP contribution in [0.2, 0.25) is 5.02 Å². The molecule has 1 saturated heterocycles. The Hall–Kier alpha value is -4.82. The molecule has 5 N–H and O–H groups in total. The number of benzene rings is 3. The van der Waals surface area contributed by atoms with Crippen molar-refractivity contribution in [3.05, 3.63) is 94.5 Å². The van der Waals surface area contributed by atoms with Crippen LogP contribution >= 0.6 is 11.6 Å². The number of nitrogens with zero attached hydrogens (tertiary/aromatic N) is 2. The molecule has 4 amide bonds. The van der Waals surface area contributed by atoms with E-state index in [0.717, 1.165) is 24.2 Å². The number of aliphatic carboxylic acids is 1. The SMILES string of the molecule is CC(C)NC(=O)c1ccc(NC(=O)N([C@@H]2CC[N+](C)(Cc3cccc(Cl)c3)C2)[C@@H](Cc2ccc(O)cc2)C(N)=O)cc1.O=C([O-])C(F)(F)F. The van der Waals surface area contributed by atoms with Crippen LogP contribution in [0.1, 0.15) is 41.8 Å². The zero-order valence-corrected chi connectivity index (χ0v) is 27.9. The van der Waals surface area contributed by atoms with E-state index in [9.17, 15) is 32.7 Å². The van der Waals surface area contributed by atoms with E-state index in [2.05, 4.69) is 17.7 Å². The normalized spacial score (nSPS) is 17.8. The van der Waals surface area contributed by atoms with Crippen LogP contribution in [0.4, 0.5) is 23.7 Å². The Morgan fingerprint density at radius 2 is 1.65 bits per heavy atom. The summed E-state index contributed by atoms with van der Waals surface area (Å²) >= 11 is 6.23. The van der Waals surface area contributed by atoms with Gasteiger partial charge in [0, 0.05) is 40.7 Å². The fourth-order valence-electron chi connectivity index (χ4n) is 5.59. The minimum absolute atomic E-state index is 0.000807. The lowest BCUT2D eigenvalue weighted by Crippen LogP contribution is -2.56. The van der Waals surface area contributed by atoms with Crippen LogP contribution in [0, 0.1) is 0 Å². The number of aromatic hydroxyl groups is 1. The predicted octanol–water partition coefficient (Wildman–Crippen LogP) is 3.83. The van der Waals surface area contributed by atoms with Crippen molar-refractivity contribution in [1.82, 2.24) is 10.2 Å². The van der Waals surface area contributed by atoms with Crippen LogP contribution in [0.3, 0.4) is 0 Å². The lowest BCUT2D eigenvalue weighted by atomic mass is 10.0. The molecule has 0 saturated carbocycles. The summed E-state index contributed by atoms with van der Waals surface area (Å²) in [6.07, 6.45) is -4.32. The van der Waals surface area contributed by atoms with Gasteiger partial charge in [-0.1, -0.05) is 35.9 Å². The standard InChI is InChI=1S/C32H38ClN5O4.C2HF3O2/c1-21(2)35-31(41)24-9-11-26(12-10-24)36-32(42)37(29(30(34)40)18-22-7-13-28(39)14-8-22)27-15-16-38(3,20-27)19-23-5-4-6-25(33)17-23;3-2(4,5)1(6)7/h4-14,17,21,27,29H,15-16,18-20H2,1-3H3,(H4-,34,35,36,39,40,41,42);(H,6,7)/t27-,29+,38?;/m1./s1. The first-order chi connectivity index (χ1) is 22.9. The van der Waals surface area contributed by atoms with E-state index in [0.29, 0.717) is 33.7 Å². The number of hydrogen-bond donors (Lipinski definition) is 4. The van der Waals surface area contributed by atoms with Gasteiger partial charge in [0.1, 0.15) is 24.3 Å². The minimum Gasteiger partial charge on any atom is -0.542 e. The first-order valence-electron chi connectivity index (χ1n) is 15.3. The number of phenolic OH excluding ortho intramolecular Hbond substituents is 1. The summed E-state index contributed by atoms with van der Waals surface area (Å²) in [4.78, 5) is 49.6. The number of anilines is 1. The van der Waals surface area contributed by atoms with Gasteiger partial charge in [-0.3, -0.25) is 9.59 Å². The van der Waals surface area contributed by atoms with E-state index in [1.165, 1.54) is 0 Å². The number of nitrogens with one attached hydrogen (secondary N) is 2. The number of carboxylic acids is 1. The Morgan fingerprint density at radius 1 is 1.04 bits per heavy atom. The third-order valence-corrected chi connectivity index (χ3v) is 8.05. The van der Waals surface area contributed by atoms with Gasteiger partial charge in [-0.05, 0) is 67.9 Å². The van der Waals surface area contributed by atoms with Crippen LogP contribution < -0.4 is 21.5 Å². The Kier molecular flexibility index (Phi) is 13.0. The van der Waals surface area contributed by atoms with Crippen molar-refractivity contribution in [3.63, 3.8) is 0 Å². The molecule has 0 aliphatic carbocycles. The maximum absolute atomic E-state index is 13.9. The lowest BCUT2D eigenvalue weighted by Gasteiger charge is -2.36. The molecule has 264 valence electrons. The maximum Gasteiger partial charge on any atom is 0.430 e. The van der Waals surface area contributed by atoms with Crippen LogP contribution in [0.15, 0.2) is 72.8 Å². The number of alkyl halides is 3. The molecule has 0 aromatic heterocycles. The lowest BCUT2D eigenvalue weighted by molar-refractivity contribution is -0.911. The van der Waals surface area contributed by atoms with Crippen molar-refractivity contribution in [3.8, 4) is 5.75 Å². The summed E-state index contributed by atoms with van der Waals surface area (Å²) in [5.41, 5.74) is 8.78. The zero-order chi connectivity index (χ0) is 36.5. The molecular weight excluding hydrogens is 667 g/mol. The number of halogens is 4. The molecule has 4 rings (SSSR count). The number of likely N-dealkylation sites (N-methyl/N-ethyl adjacent to an activating group) is 1. The number of quaternary nitrogens is 1. The molecule has 1 aliphatic heterocycles. The molecule has 1 heterocycles. The van der Waals surface area contributed by atoms with Crippen LogP contribution in [-0.2, 0) is 22.6 Å². The van der Waals surface area contributed by atoms with Gasteiger partial charge in [0.05, 0.1) is 26.2 Å². The van der Waals surface area contributed by atoms with Gasteiger partial charge in [0.2, 0.25) is 5.91 Å². The number of carbonyl (C=O) groups excluding carboxylic acids is 4. The molecule has 0 bridgehead atoms.